The molecule has 2 aromatic carbocycles. The summed E-state index contributed by atoms with van der Waals surface area (Å²) in [6, 6.07) is 9.17. The van der Waals surface area contributed by atoms with E-state index >= 15 is 0 Å². The molecule has 0 amide bonds. The Kier molecular flexibility index (Phi) is 8.36. The van der Waals surface area contributed by atoms with Gasteiger partial charge in [-0.15, -0.1) is 6.42 Å². The van der Waals surface area contributed by atoms with Crippen LogP contribution in [0, 0.1) is 15.9 Å². The predicted octanol–water partition coefficient (Wildman–Crippen LogP) is 5.13. The summed E-state index contributed by atoms with van der Waals surface area (Å²) in [7, 11) is 0. The van der Waals surface area contributed by atoms with Gasteiger partial charge in [0.2, 0.25) is 0 Å². The van der Waals surface area contributed by atoms with E-state index in [9.17, 15) is 0 Å². The monoisotopic (exact) mass is 502 g/mol. The topological polar surface area (TPSA) is 42.8 Å². The molecule has 0 radical (unpaired) electrons. The fourth-order valence-electron chi connectivity index (χ4n) is 2.13. The van der Waals surface area contributed by atoms with Crippen LogP contribution in [0.25, 0.3) is 0 Å². The van der Waals surface area contributed by atoms with E-state index in [2.05, 4.69) is 39.0 Å². The minimum absolute atomic E-state index is 0.184. The van der Waals surface area contributed by atoms with Crippen LogP contribution in [-0.4, -0.2) is 19.4 Å². The first-order valence-electron chi connectivity index (χ1n) is 7.78. The van der Waals surface area contributed by atoms with Crippen molar-refractivity contribution in [2.24, 2.45) is 5.10 Å². The Bertz CT molecular complexity index is 815. The maximum atomic E-state index is 6.14. The number of halogens is 3. The van der Waals surface area contributed by atoms with Crippen LogP contribution in [-0.2, 0) is 6.54 Å². The lowest BCUT2D eigenvalue weighted by Gasteiger charge is -2.13. The van der Waals surface area contributed by atoms with Gasteiger partial charge in [-0.3, -0.25) is 0 Å². The minimum Gasteiger partial charge on any atom is -0.490 e. The number of terminal acetylenes is 1. The highest BCUT2D eigenvalue weighted by Gasteiger charge is 2.11. The summed E-state index contributed by atoms with van der Waals surface area (Å²) in [4.78, 5) is 0. The average molecular weight is 503 g/mol. The second-order valence-electron chi connectivity index (χ2n) is 5.05. The van der Waals surface area contributed by atoms with E-state index in [1.807, 2.05) is 19.1 Å². The van der Waals surface area contributed by atoms with Crippen LogP contribution >= 0.6 is 45.8 Å². The summed E-state index contributed by atoms with van der Waals surface area (Å²) >= 11 is 14.5. The summed E-state index contributed by atoms with van der Waals surface area (Å²) in [5, 5.41) is 5.43. The second-order valence-corrected chi connectivity index (χ2v) is 7.03. The van der Waals surface area contributed by atoms with Gasteiger partial charge in [0.15, 0.2) is 11.5 Å². The predicted molar refractivity (Wildman–Crippen MR) is 116 cm³/mol. The van der Waals surface area contributed by atoms with Gasteiger partial charge in [-0.1, -0.05) is 35.2 Å². The van der Waals surface area contributed by atoms with Gasteiger partial charge in [-0.05, 0) is 59.3 Å². The van der Waals surface area contributed by atoms with E-state index in [0.717, 1.165) is 14.7 Å². The van der Waals surface area contributed by atoms with Crippen molar-refractivity contribution in [1.29, 1.82) is 0 Å². The van der Waals surface area contributed by atoms with Crippen molar-refractivity contribution in [3.05, 3.63) is 55.1 Å². The number of hydrazone groups is 1. The number of nitrogens with one attached hydrogen (secondary N) is 1. The van der Waals surface area contributed by atoms with Crippen molar-refractivity contribution in [3.63, 3.8) is 0 Å². The number of hydrogen-bond donors (Lipinski definition) is 1. The van der Waals surface area contributed by atoms with Gasteiger partial charge in [0.05, 0.1) is 22.9 Å². The van der Waals surface area contributed by atoms with E-state index in [1.54, 1.807) is 24.4 Å². The van der Waals surface area contributed by atoms with Crippen molar-refractivity contribution in [3.8, 4) is 23.8 Å². The third-order valence-corrected chi connectivity index (χ3v) is 4.76. The lowest BCUT2D eigenvalue weighted by atomic mass is 10.2. The molecule has 0 spiro atoms. The third-order valence-electron chi connectivity index (χ3n) is 3.25. The Hall–Kier alpha value is -1.62. The fourth-order valence-corrected chi connectivity index (χ4v) is 3.44. The largest absolute Gasteiger partial charge is 0.490 e. The van der Waals surface area contributed by atoms with E-state index < -0.39 is 0 Å². The van der Waals surface area contributed by atoms with Crippen LogP contribution in [0.5, 0.6) is 11.5 Å². The molecule has 0 saturated carbocycles. The summed E-state index contributed by atoms with van der Waals surface area (Å²) in [6.45, 7) is 3.04. The molecule has 0 unspecified atom stereocenters. The van der Waals surface area contributed by atoms with Crippen molar-refractivity contribution in [2.45, 2.75) is 13.5 Å². The third kappa shape index (κ3) is 5.70. The van der Waals surface area contributed by atoms with E-state index in [4.69, 9.17) is 39.1 Å². The zero-order valence-electron chi connectivity index (χ0n) is 14.1. The molecule has 1 N–H and O–H groups in total. The van der Waals surface area contributed by atoms with Crippen molar-refractivity contribution in [1.82, 2.24) is 5.43 Å². The maximum Gasteiger partial charge on any atom is 0.175 e. The zero-order valence-corrected chi connectivity index (χ0v) is 17.7. The summed E-state index contributed by atoms with van der Waals surface area (Å²) < 4.78 is 12.1. The van der Waals surface area contributed by atoms with Gasteiger partial charge in [-0.25, -0.2) is 0 Å². The molecule has 2 rings (SSSR count). The molecule has 0 aliphatic rings. The van der Waals surface area contributed by atoms with Gasteiger partial charge in [0.1, 0.15) is 6.61 Å². The number of hydrogen-bond acceptors (Lipinski definition) is 4. The average Bonchev–Trinajstić information content (AvgIpc) is 2.60. The lowest BCUT2D eigenvalue weighted by Crippen LogP contribution is -2.07. The van der Waals surface area contributed by atoms with Crippen LogP contribution in [0.15, 0.2) is 35.4 Å². The lowest BCUT2D eigenvalue weighted by molar-refractivity contribution is 0.298. The first-order valence-corrected chi connectivity index (χ1v) is 9.61. The minimum atomic E-state index is 0.184. The molecule has 0 aromatic heterocycles. The van der Waals surface area contributed by atoms with Gasteiger partial charge in [-0.2, -0.15) is 5.10 Å². The van der Waals surface area contributed by atoms with Gasteiger partial charge in [0.25, 0.3) is 0 Å². The van der Waals surface area contributed by atoms with Crippen LogP contribution in [0.2, 0.25) is 10.0 Å². The Labute approximate surface area is 177 Å². The molecular weight excluding hydrogens is 486 g/mol. The van der Waals surface area contributed by atoms with Gasteiger partial charge < -0.3 is 14.9 Å². The standard InChI is InChI=1S/C19H17Cl2IN2O2/c1-3-8-26-19-17(22)9-13(10-18(19)25-4-2)11-23-24-12-14-15(20)6-5-7-16(14)21/h1,5-7,9-11,24H,4,8,12H2,2H3/b23-11-. The molecule has 0 bridgehead atoms. The highest BCUT2D eigenvalue weighted by Crippen LogP contribution is 2.33. The van der Waals surface area contributed by atoms with Crippen molar-refractivity contribution in [2.75, 3.05) is 13.2 Å². The molecule has 7 heteroatoms. The second kappa shape index (κ2) is 10.5. The Balaban J connectivity index is 2.11. The molecule has 0 aliphatic carbocycles. The fraction of sp³-hybridized carbons (Fsp3) is 0.211. The molecule has 0 heterocycles. The molecule has 26 heavy (non-hydrogen) atoms. The normalized spacial score (nSPS) is 10.6. The molecule has 136 valence electrons. The first-order chi connectivity index (χ1) is 12.6. The molecular formula is C19H17Cl2IN2O2. The van der Waals surface area contributed by atoms with Crippen LogP contribution in [0.4, 0.5) is 0 Å². The van der Waals surface area contributed by atoms with Gasteiger partial charge in [0, 0.05) is 15.6 Å². The smallest absolute Gasteiger partial charge is 0.175 e. The number of benzene rings is 2. The van der Waals surface area contributed by atoms with E-state index in [-0.39, 0.29) is 6.61 Å². The molecule has 4 nitrogen and oxygen atoms in total. The quantitative estimate of drug-likeness (QED) is 0.235. The number of rotatable bonds is 8. The Morgan fingerprint density at radius 1 is 1.27 bits per heavy atom. The molecule has 0 saturated heterocycles. The first kappa shape index (κ1) is 20.7. The highest BCUT2D eigenvalue weighted by atomic mass is 127. The SMILES string of the molecule is C#CCOc1c(I)cc(/C=N\NCc2c(Cl)cccc2Cl)cc1OCC. The van der Waals surface area contributed by atoms with Crippen LogP contribution in [0.1, 0.15) is 18.1 Å². The number of nitrogens with zero attached hydrogens (tertiary/aromatic N) is 1. The Morgan fingerprint density at radius 3 is 2.65 bits per heavy atom. The molecule has 0 aliphatic heterocycles. The molecule has 2 aromatic rings. The summed E-state index contributed by atoms with van der Waals surface area (Å²) in [5.74, 6) is 3.72. The van der Waals surface area contributed by atoms with Gasteiger partial charge >= 0.3 is 0 Å². The highest BCUT2D eigenvalue weighted by molar-refractivity contribution is 14.1. The summed E-state index contributed by atoms with van der Waals surface area (Å²) in [5.41, 5.74) is 4.62. The van der Waals surface area contributed by atoms with Crippen LogP contribution in [0.3, 0.4) is 0 Å². The van der Waals surface area contributed by atoms with Crippen LogP contribution < -0.4 is 14.9 Å². The molecule has 0 fully saturated rings. The van der Waals surface area contributed by atoms with Crippen molar-refractivity contribution < 1.29 is 9.47 Å². The summed E-state index contributed by atoms with van der Waals surface area (Å²) in [6.07, 6.45) is 6.96. The Morgan fingerprint density at radius 2 is 2.00 bits per heavy atom. The zero-order chi connectivity index (χ0) is 18.9. The molecule has 0 atom stereocenters. The van der Waals surface area contributed by atoms with E-state index in [0.29, 0.717) is 34.7 Å². The van der Waals surface area contributed by atoms with Crippen molar-refractivity contribution >= 4 is 52.0 Å². The maximum absolute atomic E-state index is 6.14. The van der Waals surface area contributed by atoms with E-state index in [1.165, 1.54) is 0 Å². The number of ether oxygens (including phenoxy) is 2.